The van der Waals surface area contributed by atoms with Crippen molar-refractivity contribution in [2.75, 3.05) is 23.8 Å². The molecule has 1 aliphatic heterocycles. The first-order chi connectivity index (χ1) is 8.79. The van der Waals surface area contributed by atoms with Gasteiger partial charge in [0.1, 0.15) is 11.4 Å². The highest BCUT2D eigenvalue weighted by atomic mass is 32.2. The summed E-state index contributed by atoms with van der Waals surface area (Å²) in [4.78, 5) is 23.9. The molecule has 1 aliphatic rings. The van der Waals surface area contributed by atoms with Crippen LogP contribution in [0.3, 0.4) is 0 Å². The number of nitrogens with one attached hydrogen (secondary N) is 1. The number of carbonyl (C=O) groups is 2. The van der Waals surface area contributed by atoms with Gasteiger partial charge in [-0.15, -0.1) is 0 Å². The molecule has 7 nitrogen and oxygen atoms in total. The predicted molar refractivity (Wildman–Crippen MR) is 72.9 cm³/mol. The van der Waals surface area contributed by atoms with E-state index < -0.39 is 33.3 Å². The van der Waals surface area contributed by atoms with Crippen LogP contribution in [0, 0.1) is 0 Å². The van der Waals surface area contributed by atoms with Gasteiger partial charge < -0.3 is 15.3 Å². The maximum atomic E-state index is 12.0. The number of amides is 2. The average Bonchev–Trinajstić information content (AvgIpc) is 2.38. The lowest BCUT2D eigenvalue weighted by Crippen LogP contribution is -2.56. The van der Waals surface area contributed by atoms with E-state index in [0.29, 0.717) is 18.1 Å². The smallest absolute Gasteiger partial charge is 0.325 e. The first-order valence-corrected chi connectivity index (χ1v) is 8.76. The summed E-state index contributed by atoms with van der Waals surface area (Å²) in [6.45, 7) is 3.17. The molecule has 1 rings (SSSR count). The van der Waals surface area contributed by atoms with Gasteiger partial charge >= 0.3 is 12.0 Å². The van der Waals surface area contributed by atoms with Crippen LogP contribution in [0.15, 0.2) is 0 Å². The highest BCUT2D eigenvalue weighted by Crippen LogP contribution is 2.21. The average molecular weight is 310 g/mol. The monoisotopic (exact) mass is 310 g/mol. The summed E-state index contributed by atoms with van der Waals surface area (Å²) in [5.74, 6) is -0.235. The van der Waals surface area contributed by atoms with Crippen LogP contribution in [0.5, 0.6) is 0 Å². The van der Waals surface area contributed by atoms with E-state index in [4.69, 9.17) is 5.11 Å². The number of rotatable bonds is 4. The van der Waals surface area contributed by atoms with Gasteiger partial charge in [-0.05, 0) is 6.92 Å². The number of nitrogens with zero attached hydrogens (tertiary/aromatic N) is 1. The van der Waals surface area contributed by atoms with E-state index in [2.05, 4.69) is 5.32 Å². The van der Waals surface area contributed by atoms with Gasteiger partial charge in [0.15, 0.2) is 9.84 Å². The number of sulfone groups is 1. The minimum Gasteiger partial charge on any atom is -0.480 e. The molecule has 110 valence electrons. The van der Waals surface area contributed by atoms with E-state index in [-0.39, 0.29) is 5.75 Å². The molecule has 0 aliphatic carbocycles. The third-order valence-electron chi connectivity index (χ3n) is 2.87. The first-order valence-electron chi connectivity index (χ1n) is 5.89. The predicted octanol–water partition coefficient (Wildman–Crippen LogP) is -0.0213. The molecule has 19 heavy (non-hydrogen) atoms. The molecule has 0 aromatic rings. The minimum atomic E-state index is -3.37. The van der Waals surface area contributed by atoms with E-state index in [1.54, 1.807) is 0 Å². The fourth-order valence-electron chi connectivity index (χ4n) is 1.63. The maximum absolute atomic E-state index is 12.0. The van der Waals surface area contributed by atoms with Crippen LogP contribution in [-0.2, 0) is 14.6 Å². The van der Waals surface area contributed by atoms with E-state index >= 15 is 0 Å². The highest BCUT2D eigenvalue weighted by Gasteiger charge is 2.36. The Morgan fingerprint density at radius 3 is 2.68 bits per heavy atom. The Kier molecular flexibility index (Phi) is 5.48. The van der Waals surface area contributed by atoms with Gasteiger partial charge in [-0.2, -0.15) is 11.8 Å². The van der Waals surface area contributed by atoms with Gasteiger partial charge in [0, 0.05) is 23.8 Å². The van der Waals surface area contributed by atoms with Crippen molar-refractivity contribution < 1.29 is 23.1 Å². The van der Waals surface area contributed by atoms with E-state index in [0.717, 1.165) is 0 Å². The Labute approximate surface area is 116 Å². The van der Waals surface area contributed by atoms with Crippen LogP contribution in [0.1, 0.15) is 13.8 Å². The molecule has 1 fully saturated rings. The molecular formula is C10H18N2O5S2. The number of urea groups is 1. The minimum absolute atomic E-state index is 0.0451. The maximum Gasteiger partial charge on any atom is 0.325 e. The fraction of sp³-hybridized carbons (Fsp3) is 0.800. The van der Waals surface area contributed by atoms with Gasteiger partial charge in [0.05, 0.1) is 0 Å². The van der Waals surface area contributed by atoms with Gasteiger partial charge in [-0.1, -0.05) is 6.92 Å². The summed E-state index contributed by atoms with van der Waals surface area (Å²) in [6.07, 6.45) is 0. The highest BCUT2D eigenvalue weighted by molar-refractivity contribution is 8.01. The molecule has 0 saturated carbocycles. The number of aliphatic carboxylic acids is 1. The Balaban J connectivity index is 2.83. The van der Waals surface area contributed by atoms with Crippen molar-refractivity contribution in [3.05, 3.63) is 0 Å². The van der Waals surface area contributed by atoms with Gasteiger partial charge in [-0.25, -0.2) is 13.2 Å². The van der Waals surface area contributed by atoms with Crippen molar-refractivity contribution in [2.45, 2.75) is 25.3 Å². The third kappa shape index (κ3) is 4.00. The first kappa shape index (κ1) is 16.1. The largest absolute Gasteiger partial charge is 0.480 e. The van der Waals surface area contributed by atoms with Gasteiger partial charge in [0.2, 0.25) is 0 Å². The number of carboxylic acids is 1. The van der Waals surface area contributed by atoms with Crippen molar-refractivity contribution in [1.82, 2.24) is 10.2 Å². The van der Waals surface area contributed by atoms with Crippen molar-refractivity contribution in [3.8, 4) is 0 Å². The Hall–Kier alpha value is -0.960. The van der Waals surface area contributed by atoms with Crippen LogP contribution in [-0.4, -0.2) is 65.6 Å². The lowest BCUT2D eigenvalue weighted by Gasteiger charge is -2.35. The van der Waals surface area contributed by atoms with Gasteiger partial charge in [-0.3, -0.25) is 4.79 Å². The Bertz CT molecular complexity index is 451. The molecule has 9 heteroatoms. The van der Waals surface area contributed by atoms with E-state index in [1.165, 1.54) is 30.5 Å². The summed E-state index contributed by atoms with van der Waals surface area (Å²) in [5.41, 5.74) is 0. The fourth-order valence-corrected chi connectivity index (χ4v) is 4.60. The van der Waals surface area contributed by atoms with Gasteiger partial charge in [0.25, 0.3) is 0 Å². The standard InChI is InChI=1S/C10H18N2O5S2/c1-3-19(16,17)8-6-18-5-4-12(8)10(15)11-7(2)9(13)14/h7-8H,3-6H2,1-2H3,(H,11,15)(H,13,14)/t7-,8?/m0/s1. The van der Waals surface area contributed by atoms with Crippen molar-refractivity contribution >= 4 is 33.6 Å². The zero-order valence-electron chi connectivity index (χ0n) is 10.8. The van der Waals surface area contributed by atoms with Crippen LogP contribution in [0.25, 0.3) is 0 Å². The molecule has 0 radical (unpaired) electrons. The van der Waals surface area contributed by atoms with Crippen LogP contribution in [0.2, 0.25) is 0 Å². The molecular weight excluding hydrogens is 292 g/mol. The summed E-state index contributed by atoms with van der Waals surface area (Å²) in [5, 5.41) is 10.2. The second-order valence-corrected chi connectivity index (χ2v) is 7.78. The number of hydrogen-bond acceptors (Lipinski definition) is 5. The van der Waals surface area contributed by atoms with Crippen molar-refractivity contribution in [1.29, 1.82) is 0 Å². The summed E-state index contributed by atoms with van der Waals surface area (Å²) < 4.78 is 23.9. The quantitative estimate of drug-likeness (QED) is 0.756. The summed E-state index contributed by atoms with van der Waals surface area (Å²) in [7, 11) is -3.37. The topological polar surface area (TPSA) is 104 Å². The third-order valence-corrected chi connectivity index (χ3v) is 6.16. The number of thioether (sulfide) groups is 1. The zero-order chi connectivity index (χ0) is 14.6. The van der Waals surface area contributed by atoms with Crippen molar-refractivity contribution in [2.24, 2.45) is 0 Å². The van der Waals surface area contributed by atoms with Crippen molar-refractivity contribution in [3.63, 3.8) is 0 Å². The number of hydrogen-bond donors (Lipinski definition) is 2. The SMILES string of the molecule is CCS(=O)(=O)C1CSCCN1C(=O)N[C@@H](C)C(=O)O. The number of carbonyl (C=O) groups excluding carboxylic acids is 1. The number of carboxylic acid groups (broad SMARTS) is 1. The molecule has 2 N–H and O–H groups in total. The lowest BCUT2D eigenvalue weighted by atomic mass is 10.3. The van der Waals surface area contributed by atoms with Crippen LogP contribution < -0.4 is 5.32 Å². The molecule has 2 amide bonds. The van der Waals surface area contributed by atoms with E-state index in [1.807, 2.05) is 0 Å². The molecule has 0 aromatic carbocycles. The van der Waals surface area contributed by atoms with Crippen LogP contribution in [0.4, 0.5) is 4.79 Å². The molecule has 1 heterocycles. The molecule has 0 spiro atoms. The molecule has 0 bridgehead atoms. The second-order valence-electron chi connectivity index (χ2n) is 4.18. The van der Waals surface area contributed by atoms with E-state index in [9.17, 15) is 18.0 Å². The lowest BCUT2D eigenvalue weighted by molar-refractivity contribution is -0.138. The summed E-state index contributed by atoms with van der Waals surface area (Å²) in [6, 6.07) is -1.69. The molecule has 1 saturated heterocycles. The normalized spacial score (nSPS) is 21.8. The van der Waals surface area contributed by atoms with Crippen LogP contribution >= 0.6 is 11.8 Å². The Morgan fingerprint density at radius 1 is 1.53 bits per heavy atom. The molecule has 2 atom stereocenters. The summed E-state index contributed by atoms with van der Waals surface area (Å²) >= 11 is 1.47. The Morgan fingerprint density at radius 2 is 2.16 bits per heavy atom. The zero-order valence-corrected chi connectivity index (χ0v) is 12.5. The second kappa shape index (κ2) is 6.47. The molecule has 1 unspecified atom stereocenters. The molecule has 0 aromatic heterocycles.